The minimum atomic E-state index is 0.349. The molecule has 1 aliphatic rings. The second-order valence-corrected chi connectivity index (χ2v) is 4.27. The second kappa shape index (κ2) is 5.05. The summed E-state index contributed by atoms with van der Waals surface area (Å²) < 4.78 is 5.52. The van der Waals surface area contributed by atoms with Crippen LogP contribution in [0.1, 0.15) is 25.3 Å². The summed E-state index contributed by atoms with van der Waals surface area (Å²) in [7, 11) is 0. The topological polar surface area (TPSA) is 21.3 Å². The van der Waals surface area contributed by atoms with Gasteiger partial charge in [-0.05, 0) is 38.0 Å². The highest BCUT2D eigenvalue weighted by molar-refractivity contribution is 5.50. The van der Waals surface area contributed by atoms with Crippen molar-refractivity contribution < 1.29 is 4.74 Å². The molecule has 1 aromatic rings. The average molecular weight is 215 g/mol. The summed E-state index contributed by atoms with van der Waals surface area (Å²) >= 11 is 0. The Morgan fingerprint density at radius 3 is 3.12 bits per heavy atom. The lowest BCUT2D eigenvalue weighted by atomic mass is 10.0. The number of ether oxygens (including phenoxy) is 1. The van der Waals surface area contributed by atoms with Crippen LogP contribution in [0.2, 0.25) is 0 Å². The molecule has 16 heavy (non-hydrogen) atoms. The molecule has 1 heterocycles. The molecule has 2 atom stereocenters. The molecule has 1 aromatic carbocycles. The second-order valence-electron chi connectivity index (χ2n) is 4.27. The minimum Gasteiger partial charge on any atom is -0.382 e. The number of rotatable bonds is 2. The van der Waals surface area contributed by atoms with Crippen LogP contribution in [0, 0.1) is 12.3 Å². The van der Waals surface area contributed by atoms with Crippen LogP contribution in [0.3, 0.4) is 0 Å². The van der Waals surface area contributed by atoms with Crippen LogP contribution in [0.15, 0.2) is 24.3 Å². The standard InChI is InChI=1S/C14H17NO/c1-3-12-5-4-6-13(10-12)15-14-7-8-16-11(2)9-14/h1,4-6,10-11,14-15H,7-9H2,2H3. The Labute approximate surface area is 97.0 Å². The first-order chi connectivity index (χ1) is 7.78. The maximum absolute atomic E-state index is 5.52. The van der Waals surface area contributed by atoms with Gasteiger partial charge in [-0.25, -0.2) is 0 Å². The number of hydrogen-bond acceptors (Lipinski definition) is 2. The molecule has 2 heteroatoms. The van der Waals surface area contributed by atoms with Gasteiger partial charge in [-0.2, -0.15) is 0 Å². The summed E-state index contributed by atoms with van der Waals surface area (Å²) in [5, 5.41) is 3.51. The molecule has 2 unspecified atom stereocenters. The summed E-state index contributed by atoms with van der Waals surface area (Å²) in [5.41, 5.74) is 2.03. The third-order valence-electron chi connectivity index (χ3n) is 2.89. The molecule has 1 saturated heterocycles. The lowest BCUT2D eigenvalue weighted by Crippen LogP contribution is -2.32. The highest BCUT2D eigenvalue weighted by Gasteiger charge is 2.18. The van der Waals surface area contributed by atoms with E-state index in [0.717, 1.165) is 30.7 Å². The predicted octanol–water partition coefficient (Wildman–Crippen LogP) is 2.65. The quantitative estimate of drug-likeness (QED) is 0.766. The van der Waals surface area contributed by atoms with Crippen LogP contribution < -0.4 is 5.32 Å². The van der Waals surface area contributed by atoms with Crippen LogP contribution in [-0.2, 0) is 4.74 Å². The van der Waals surface area contributed by atoms with Gasteiger partial charge in [-0.3, -0.25) is 0 Å². The highest BCUT2D eigenvalue weighted by atomic mass is 16.5. The van der Waals surface area contributed by atoms with Crippen LogP contribution in [0.4, 0.5) is 5.69 Å². The fraction of sp³-hybridized carbons (Fsp3) is 0.429. The molecule has 1 aliphatic heterocycles. The molecule has 2 nitrogen and oxygen atoms in total. The molecule has 0 bridgehead atoms. The van der Waals surface area contributed by atoms with Gasteiger partial charge in [0, 0.05) is 23.9 Å². The highest BCUT2D eigenvalue weighted by Crippen LogP contribution is 2.19. The average Bonchev–Trinajstić information content (AvgIpc) is 2.29. The van der Waals surface area contributed by atoms with Gasteiger partial charge >= 0.3 is 0 Å². The molecule has 0 radical (unpaired) electrons. The molecule has 0 amide bonds. The van der Waals surface area contributed by atoms with E-state index in [0.29, 0.717) is 12.1 Å². The molecule has 0 spiro atoms. The number of anilines is 1. The number of nitrogens with one attached hydrogen (secondary N) is 1. The maximum atomic E-state index is 5.52. The van der Waals surface area contributed by atoms with Gasteiger partial charge in [0.1, 0.15) is 0 Å². The number of benzene rings is 1. The van der Waals surface area contributed by atoms with Gasteiger partial charge in [-0.1, -0.05) is 12.0 Å². The van der Waals surface area contributed by atoms with Crippen LogP contribution in [-0.4, -0.2) is 18.8 Å². The van der Waals surface area contributed by atoms with Gasteiger partial charge in [0.25, 0.3) is 0 Å². The van der Waals surface area contributed by atoms with Crippen molar-refractivity contribution in [2.24, 2.45) is 0 Å². The molecule has 0 aliphatic carbocycles. The zero-order valence-electron chi connectivity index (χ0n) is 9.57. The van der Waals surface area contributed by atoms with Crippen molar-refractivity contribution in [2.75, 3.05) is 11.9 Å². The van der Waals surface area contributed by atoms with E-state index in [1.165, 1.54) is 0 Å². The van der Waals surface area contributed by atoms with Gasteiger partial charge in [0.15, 0.2) is 0 Å². The fourth-order valence-corrected chi connectivity index (χ4v) is 2.06. The first-order valence-corrected chi connectivity index (χ1v) is 5.73. The Morgan fingerprint density at radius 1 is 1.50 bits per heavy atom. The van der Waals surface area contributed by atoms with E-state index in [2.05, 4.69) is 24.2 Å². The monoisotopic (exact) mass is 215 g/mol. The zero-order chi connectivity index (χ0) is 11.4. The van der Waals surface area contributed by atoms with E-state index in [-0.39, 0.29) is 0 Å². The van der Waals surface area contributed by atoms with Crippen LogP contribution in [0.5, 0.6) is 0 Å². The molecule has 0 aromatic heterocycles. The largest absolute Gasteiger partial charge is 0.382 e. The van der Waals surface area contributed by atoms with Crippen LogP contribution in [0.25, 0.3) is 0 Å². The van der Waals surface area contributed by atoms with Crippen molar-refractivity contribution in [3.05, 3.63) is 29.8 Å². The summed E-state index contributed by atoms with van der Waals surface area (Å²) in [6.07, 6.45) is 7.84. The first kappa shape index (κ1) is 11.0. The number of hydrogen-bond donors (Lipinski definition) is 1. The van der Waals surface area contributed by atoms with E-state index in [1.54, 1.807) is 0 Å². The normalized spacial score (nSPS) is 24.8. The van der Waals surface area contributed by atoms with Crippen molar-refractivity contribution >= 4 is 5.69 Å². The van der Waals surface area contributed by atoms with Gasteiger partial charge in [-0.15, -0.1) is 6.42 Å². The van der Waals surface area contributed by atoms with E-state index in [9.17, 15) is 0 Å². The third kappa shape index (κ3) is 2.77. The molecular weight excluding hydrogens is 198 g/mol. The SMILES string of the molecule is C#Cc1cccc(NC2CCOC(C)C2)c1. The number of terminal acetylenes is 1. The van der Waals surface area contributed by atoms with E-state index >= 15 is 0 Å². The predicted molar refractivity (Wildman–Crippen MR) is 66.4 cm³/mol. The minimum absolute atomic E-state index is 0.349. The maximum Gasteiger partial charge on any atom is 0.0566 e. The molecule has 0 saturated carbocycles. The Balaban J connectivity index is 2.00. The van der Waals surface area contributed by atoms with Gasteiger partial charge in [0.05, 0.1) is 6.10 Å². The van der Waals surface area contributed by atoms with Crippen molar-refractivity contribution in [1.29, 1.82) is 0 Å². The van der Waals surface area contributed by atoms with Crippen molar-refractivity contribution in [2.45, 2.75) is 31.9 Å². The summed E-state index contributed by atoms with van der Waals surface area (Å²) in [6, 6.07) is 8.50. The van der Waals surface area contributed by atoms with E-state index in [4.69, 9.17) is 11.2 Å². The van der Waals surface area contributed by atoms with Gasteiger partial charge in [0.2, 0.25) is 0 Å². The van der Waals surface area contributed by atoms with E-state index in [1.807, 2.05) is 18.2 Å². The Morgan fingerprint density at radius 2 is 2.38 bits per heavy atom. The lowest BCUT2D eigenvalue weighted by molar-refractivity contribution is 0.0232. The van der Waals surface area contributed by atoms with Crippen molar-refractivity contribution in [3.8, 4) is 12.3 Å². The van der Waals surface area contributed by atoms with Crippen LogP contribution >= 0.6 is 0 Å². The summed E-state index contributed by atoms with van der Waals surface area (Å²) in [4.78, 5) is 0. The molecule has 2 rings (SSSR count). The molecule has 84 valence electrons. The molecule has 1 fully saturated rings. The van der Waals surface area contributed by atoms with Gasteiger partial charge < -0.3 is 10.1 Å². The first-order valence-electron chi connectivity index (χ1n) is 5.73. The fourth-order valence-electron chi connectivity index (χ4n) is 2.06. The Kier molecular flexibility index (Phi) is 3.48. The van der Waals surface area contributed by atoms with E-state index < -0.39 is 0 Å². The third-order valence-corrected chi connectivity index (χ3v) is 2.89. The lowest BCUT2D eigenvalue weighted by Gasteiger charge is -2.28. The molecule has 1 N–H and O–H groups in total. The van der Waals surface area contributed by atoms with Crippen molar-refractivity contribution in [1.82, 2.24) is 0 Å². The zero-order valence-corrected chi connectivity index (χ0v) is 9.57. The summed E-state index contributed by atoms with van der Waals surface area (Å²) in [6.45, 7) is 2.96. The Hall–Kier alpha value is -1.46. The molecular formula is C14H17NO. The van der Waals surface area contributed by atoms with Crippen molar-refractivity contribution in [3.63, 3.8) is 0 Å². The summed E-state index contributed by atoms with van der Waals surface area (Å²) in [5.74, 6) is 2.65. The Bertz CT molecular complexity index is 394. The smallest absolute Gasteiger partial charge is 0.0566 e.